The van der Waals surface area contributed by atoms with Gasteiger partial charge in [0.25, 0.3) is 6.04 Å². The number of rotatable bonds is 0. The summed E-state index contributed by atoms with van der Waals surface area (Å²) < 4.78 is 0. The Hall–Kier alpha value is -0.700. The lowest BCUT2D eigenvalue weighted by Gasteiger charge is -2.01. The quantitative estimate of drug-likeness (QED) is 0.495. The normalized spacial score (nSPS) is 25.9. The van der Waals surface area contributed by atoms with Crippen LogP contribution in [0.5, 0.6) is 0 Å². The number of allylic oxidation sites excluding steroid dienone is 1. The van der Waals surface area contributed by atoms with Crippen LogP contribution in [0.4, 0.5) is 0 Å². The fraction of sp³-hybridized carbons (Fsp3) is 0.500. The summed E-state index contributed by atoms with van der Waals surface area (Å²) in [4.78, 5) is 11.4. The third-order valence-corrected chi connectivity index (χ3v) is 1.73. The van der Waals surface area contributed by atoms with Gasteiger partial charge in [-0.25, -0.2) is 0 Å². The molecule has 0 aromatic rings. The molecule has 0 fully saturated rings. The van der Waals surface area contributed by atoms with Gasteiger partial charge in [0, 0.05) is 18.1 Å². The van der Waals surface area contributed by atoms with Gasteiger partial charge in [0.15, 0.2) is 4.87 Å². The summed E-state index contributed by atoms with van der Waals surface area (Å²) in [5.41, 5.74) is 0.578. The molecule has 54 valence electrons. The molecule has 10 heavy (non-hydrogen) atoms. The van der Waals surface area contributed by atoms with Crippen LogP contribution in [0.3, 0.4) is 0 Å². The lowest BCUT2D eigenvalue weighted by Crippen LogP contribution is -2.19. The fourth-order valence-electron chi connectivity index (χ4n) is 0.683. The summed E-state index contributed by atoms with van der Waals surface area (Å²) in [5, 5.41) is 4.21. The van der Waals surface area contributed by atoms with E-state index in [4.69, 9.17) is 11.6 Å². The van der Waals surface area contributed by atoms with Crippen molar-refractivity contribution >= 4 is 17.3 Å². The van der Waals surface area contributed by atoms with Crippen molar-refractivity contribution in [1.29, 1.82) is 0 Å². The fourth-order valence-corrected chi connectivity index (χ4v) is 0.903. The van der Waals surface area contributed by atoms with E-state index >= 15 is 0 Å². The van der Waals surface area contributed by atoms with Gasteiger partial charge in [-0.2, -0.15) is 0 Å². The molecule has 1 aliphatic heterocycles. The maximum Gasteiger partial charge on any atom is 0.254 e. The van der Waals surface area contributed by atoms with Gasteiger partial charge in [0.05, 0.1) is 9.94 Å². The topological polar surface area (TPSA) is 32.4 Å². The van der Waals surface area contributed by atoms with E-state index in [1.165, 1.54) is 0 Å². The number of hydrazone groups is 1. The molecule has 1 rings (SSSR count). The second-order valence-electron chi connectivity index (χ2n) is 2.24. The first-order valence-electron chi connectivity index (χ1n) is 3.00. The molecule has 1 aliphatic rings. The molecule has 0 saturated carbocycles. The molecular weight excluding hydrogens is 152 g/mol. The minimum Gasteiger partial charge on any atom is -0.0822 e. The summed E-state index contributed by atoms with van der Waals surface area (Å²) >= 11 is 5.69. The predicted octanol–water partition coefficient (Wildman–Crippen LogP) is 1.67. The first-order valence-corrected chi connectivity index (χ1v) is 3.38. The zero-order chi connectivity index (χ0) is 7.72. The van der Waals surface area contributed by atoms with Crippen molar-refractivity contribution in [2.24, 2.45) is 5.10 Å². The molecule has 0 N–H and O–H groups in total. The van der Waals surface area contributed by atoms with E-state index in [2.05, 4.69) is 5.10 Å². The average molecular weight is 160 g/mol. The third kappa shape index (κ3) is 1.24. The first kappa shape index (κ1) is 7.41. The van der Waals surface area contributed by atoms with Crippen molar-refractivity contribution < 1.29 is 4.87 Å². The molecule has 4 heteroatoms. The highest BCUT2D eigenvalue weighted by atomic mass is 35.5. The highest BCUT2D eigenvalue weighted by Crippen LogP contribution is 2.12. The summed E-state index contributed by atoms with van der Waals surface area (Å²) in [5.74, 6) is 0. The van der Waals surface area contributed by atoms with Gasteiger partial charge >= 0.3 is 0 Å². The Morgan fingerprint density at radius 3 is 2.90 bits per heavy atom. The molecule has 3 nitrogen and oxygen atoms in total. The lowest BCUT2D eigenvalue weighted by atomic mass is 10.2. The molecular formula is C6H8ClN2O+. The molecule has 1 atom stereocenters. The second-order valence-corrected chi connectivity index (χ2v) is 2.65. The standard InChI is InChI=1S/C6H8ClN2O/c1-4-3-6(7)5(2)8-9(4)10/h3-4H,1-2H3/q+1. The van der Waals surface area contributed by atoms with Crippen LogP contribution in [-0.2, 0) is 0 Å². The Kier molecular flexibility index (Phi) is 1.85. The molecule has 1 heterocycles. The van der Waals surface area contributed by atoms with Gasteiger partial charge in [-0.15, -0.1) is 0 Å². The van der Waals surface area contributed by atoms with Gasteiger partial charge in [0.2, 0.25) is 0 Å². The van der Waals surface area contributed by atoms with Crippen LogP contribution in [0.25, 0.3) is 0 Å². The van der Waals surface area contributed by atoms with E-state index in [0.29, 0.717) is 15.6 Å². The van der Waals surface area contributed by atoms with E-state index in [1.54, 1.807) is 19.9 Å². The van der Waals surface area contributed by atoms with Crippen LogP contribution in [0.1, 0.15) is 13.8 Å². The zero-order valence-electron chi connectivity index (χ0n) is 5.84. The van der Waals surface area contributed by atoms with Crippen LogP contribution in [0.15, 0.2) is 16.2 Å². The Morgan fingerprint density at radius 1 is 1.80 bits per heavy atom. The van der Waals surface area contributed by atoms with E-state index in [0.717, 1.165) is 0 Å². The van der Waals surface area contributed by atoms with E-state index in [9.17, 15) is 4.91 Å². The van der Waals surface area contributed by atoms with Crippen molar-refractivity contribution in [3.05, 3.63) is 16.0 Å². The van der Waals surface area contributed by atoms with E-state index in [1.807, 2.05) is 0 Å². The highest BCUT2D eigenvalue weighted by molar-refractivity contribution is 6.43. The maximum absolute atomic E-state index is 10.8. The molecule has 1 unspecified atom stereocenters. The minimum atomic E-state index is -0.240. The van der Waals surface area contributed by atoms with Crippen molar-refractivity contribution in [1.82, 2.24) is 0 Å². The first-order chi connectivity index (χ1) is 4.61. The van der Waals surface area contributed by atoms with Crippen molar-refractivity contribution in [2.75, 3.05) is 0 Å². The van der Waals surface area contributed by atoms with Gasteiger partial charge < -0.3 is 0 Å². The highest BCUT2D eigenvalue weighted by Gasteiger charge is 2.24. The summed E-state index contributed by atoms with van der Waals surface area (Å²) in [6.45, 7) is 3.45. The van der Waals surface area contributed by atoms with Crippen LogP contribution < -0.4 is 0 Å². The van der Waals surface area contributed by atoms with Gasteiger partial charge in [-0.05, 0) is 6.92 Å². The summed E-state index contributed by atoms with van der Waals surface area (Å²) in [6, 6.07) is -0.240. The smallest absolute Gasteiger partial charge is 0.0822 e. The van der Waals surface area contributed by atoms with Crippen LogP contribution in [-0.4, -0.2) is 16.6 Å². The Bertz CT molecular complexity index is 232. The Morgan fingerprint density at radius 2 is 2.40 bits per heavy atom. The van der Waals surface area contributed by atoms with Gasteiger partial charge in [-0.3, -0.25) is 0 Å². The molecule has 0 radical (unpaired) electrons. The van der Waals surface area contributed by atoms with Gasteiger partial charge in [-0.1, -0.05) is 11.6 Å². The Labute approximate surface area is 63.9 Å². The zero-order valence-corrected chi connectivity index (χ0v) is 6.59. The number of hydrogen-bond acceptors (Lipinski definition) is 1. The monoisotopic (exact) mass is 159 g/mol. The van der Waals surface area contributed by atoms with Gasteiger partial charge in [0.1, 0.15) is 5.71 Å². The summed E-state index contributed by atoms with van der Waals surface area (Å²) in [7, 11) is 0. The van der Waals surface area contributed by atoms with E-state index < -0.39 is 0 Å². The largest absolute Gasteiger partial charge is 0.254 e. The maximum atomic E-state index is 10.8. The average Bonchev–Trinajstić information content (AvgIpc) is 1.84. The number of hydrogen-bond donors (Lipinski definition) is 0. The molecule has 0 bridgehead atoms. The van der Waals surface area contributed by atoms with Crippen molar-refractivity contribution in [3.8, 4) is 0 Å². The molecule has 0 amide bonds. The summed E-state index contributed by atoms with van der Waals surface area (Å²) in [6.07, 6.45) is 1.68. The molecule has 0 aromatic heterocycles. The number of nitrogens with zero attached hydrogens (tertiary/aromatic N) is 2. The molecule has 0 spiro atoms. The number of halogens is 1. The SMILES string of the molecule is CC1=N[N+](=O)C(C)C=C1Cl. The molecule has 0 aromatic carbocycles. The lowest BCUT2D eigenvalue weighted by molar-refractivity contribution is -0.578. The van der Waals surface area contributed by atoms with E-state index in [-0.39, 0.29) is 6.04 Å². The molecule has 0 saturated heterocycles. The number of nitroso groups, excluding NO2 is 1. The van der Waals surface area contributed by atoms with Crippen LogP contribution in [0, 0.1) is 4.91 Å². The van der Waals surface area contributed by atoms with Crippen molar-refractivity contribution in [3.63, 3.8) is 0 Å². The molecule has 0 aliphatic carbocycles. The Balaban J connectivity index is 2.94. The second kappa shape index (κ2) is 2.50. The third-order valence-electron chi connectivity index (χ3n) is 1.33. The van der Waals surface area contributed by atoms with Crippen LogP contribution in [0.2, 0.25) is 0 Å². The minimum absolute atomic E-state index is 0.240. The predicted molar refractivity (Wildman–Crippen MR) is 40.1 cm³/mol. The van der Waals surface area contributed by atoms with Crippen LogP contribution >= 0.6 is 11.6 Å². The van der Waals surface area contributed by atoms with Crippen molar-refractivity contribution in [2.45, 2.75) is 19.9 Å².